The number of nitrogen functional groups attached to an aromatic ring is 1. The van der Waals surface area contributed by atoms with Crippen molar-refractivity contribution in [2.75, 3.05) is 11.1 Å². The van der Waals surface area contributed by atoms with Gasteiger partial charge in [0.05, 0.1) is 17.9 Å². The van der Waals surface area contributed by atoms with E-state index in [4.69, 9.17) is 5.73 Å². The predicted molar refractivity (Wildman–Crippen MR) is 63.3 cm³/mol. The third-order valence-electron chi connectivity index (χ3n) is 2.42. The summed E-state index contributed by atoms with van der Waals surface area (Å²) in [7, 11) is 0. The maximum atomic E-state index is 5.97. The van der Waals surface area contributed by atoms with Crippen LogP contribution in [-0.4, -0.2) is 30.4 Å². The number of nitrogens with one attached hydrogen (secondary N) is 2. The van der Waals surface area contributed by atoms with Crippen molar-refractivity contribution in [3.63, 3.8) is 0 Å². The highest BCUT2D eigenvalue weighted by Crippen LogP contribution is 2.25. The van der Waals surface area contributed by atoms with Crippen molar-refractivity contribution in [3.05, 3.63) is 11.5 Å². The molecule has 8 heteroatoms. The SMILES string of the molecule is Cc1nn(C(C)C)c(NCc2nn[nH]n2)c1N. The van der Waals surface area contributed by atoms with Gasteiger partial charge in [-0.25, -0.2) is 4.68 Å². The number of nitrogens with two attached hydrogens (primary N) is 1. The highest BCUT2D eigenvalue weighted by molar-refractivity contribution is 5.64. The molecule has 92 valence electrons. The molecule has 2 aromatic rings. The topological polar surface area (TPSA) is 110 Å². The molecule has 0 aromatic carbocycles. The fraction of sp³-hybridized carbons (Fsp3) is 0.556. The molecule has 0 saturated carbocycles. The molecule has 0 aliphatic rings. The Morgan fingerprint density at radius 2 is 2.24 bits per heavy atom. The van der Waals surface area contributed by atoms with Crippen LogP contribution in [0.4, 0.5) is 11.5 Å². The van der Waals surface area contributed by atoms with Gasteiger partial charge < -0.3 is 11.1 Å². The number of hydrogen-bond acceptors (Lipinski definition) is 6. The van der Waals surface area contributed by atoms with E-state index in [2.05, 4.69) is 31.0 Å². The van der Waals surface area contributed by atoms with Gasteiger partial charge in [-0.3, -0.25) is 0 Å². The maximum Gasteiger partial charge on any atom is 0.193 e. The molecular formula is C9H16N8. The van der Waals surface area contributed by atoms with Gasteiger partial charge in [0.15, 0.2) is 5.82 Å². The zero-order chi connectivity index (χ0) is 12.4. The molecule has 0 aliphatic carbocycles. The summed E-state index contributed by atoms with van der Waals surface area (Å²) in [6.45, 7) is 6.43. The molecule has 17 heavy (non-hydrogen) atoms. The lowest BCUT2D eigenvalue weighted by Crippen LogP contribution is -2.11. The Morgan fingerprint density at radius 1 is 1.47 bits per heavy atom. The summed E-state index contributed by atoms with van der Waals surface area (Å²) >= 11 is 0. The molecule has 4 N–H and O–H groups in total. The van der Waals surface area contributed by atoms with Gasteiger partial charge in [-0.1, -0.05) is 5.21 Å². The quantitative estimate of drug-likeness (QED) is 0.712. The third kappa shape index (κ3) is 2.19. The summed E-state index contributed by atoms with van der Waals surface area (Å²) in [6, 6.07) is 0.235. The fourth-order valence-corrected chi connectivity index (χ4v) is 1.53. The molecule has 0 radical (unpaired) electrons. The van der Waals surface area contributed by atoms with E-state index in [1.165, 1.54) is 0 Å². The number of aryl methyl sites for hydroxylation is 1. The van der Waals surface area contributed by atoms with E-state index in [1.807, 2.05) is 25.5 Å². The number of rotatable bonds is 4. The normalized spacial score (nSPS) is 11.1. The fourth-order valence-electron chi connectivity index (χ4n) is 1.53. The van der Waals surface area contributed by atoms with Crippen LogP contribution in [0.1, 0.15) is 31.4 Å². The summed E-state index contributed by atoms with van der Waals surface area (Å²) in [5.74, 6) is 1.38. The average molecular weight is 236 g/mol. The van der Waals surface area contributed by atoms with Crippen molar-refractivity contribution in [1.29, 1.82) is 0 Å². The van der Waals surface area contributed by atoms with E-state index in [9.17, 15) is 0 Å². The van der Waals surface area contributed by atoms with Crippen molar-refractivity contribution in [2.24, 2.45) is 0 Å². The summed E-state index contributed by atoms with van der Waals surface area (Å²) < 4.78 is 1.85. The van der Waals surface area contributed by atoms with Gasteiger partial charge in [0.1, 0.15) is 5.82 Å². The molecule has 2 rings (SSSR count). The highest BCUT2D eigenvalue weighted by atomic mass is 15.5. The van der Waals surface area contributed by atoms with Crippen molar-refractivity contribution >= 4 is 11.5 Å². The molecule has 0 unspecified atom stereocenters. The Bertz CT molecular complexity index is 483. The van der Waals surface area contributed by atoms with E-state index < -0.39 is 0 Å². The van der Waals surface area contributed by atoms with Gasteiger partial charge in [-0.05, 0) is 20.8 Å². The smallest absolute Gasteiger partial charge is 0.193 e. The van der Waals surface area contributed by atoms with Crippen molar-refractivity contribution < 1.29 is 0 Å². The second-order valence-electron chi connectivity index (χ2n) is 4.07. The Kier molecular flexibility index (Phi) is 2.94. The van der Waals surface area contributed by atoms with Crippen LogP contribution in [0.3, 0.4) is 0 Å². The predicted octanol–water partition coefficient (Wildman–Crippen LogP) is 0.480. The maximum absolute atomic E-state index is 5.97. The Hall–Kier alpha value is -2.12. The van der Waals surface area contributed by atoms with Gasteiger partial charge in [-0.15, -0.1) is 10.2 Å². The Labute approximate surface area is 98.6 Å². The van der Waals surface area contributed by atoms with Crippen molar-refractivity contribution in [1.82, 2.24) is 30.4 Å². The van der Waals surface area contributed by atoms with E-state index >= 15 is 0 Å². The number of aromatic amines is 1. The highest BCUT2D eigenvalue weighted by Gasteiger charge is 2.14. The molecule has 0 atom stereocenters. The zero-order valence-electron chi connectivity index (χ0n) is 10.1. The molecular weight excluding hydrogens is 220 g/mol. The largest absolute Gasteiger partial charge is 0.394 e. The summed E-state index contributed by atoms with van der Waals surface area (Å²) in [4.78, 5) is 0. The second kappa shape index (κ2) is 4.40. The van der Waals surface area contributed by atoms with Crippen LogP contribution in [0.2, 0.25) is 0 Å². The first-order valence-corrected chi connectivity index (χ1v) is 5.40. The molecule has 0 bridgehead atoms. The minimum Gasteiger partial charge on any atom is -0.394 e. The third-order valence-corrected chi connectivity index (χ3v) is 2.42. The molecule has 0 fully saturated rings. The van der Waals surface area contributed by atoms with E-state index in [0.29, 0.717) is 18.1 Å². The molecule has 2 heterocycles. The molecule has 0 aliphatic heterocycles. The first-order valence-electron chi connectivity index (χ1n) is 5.40. The second-order valence-corrected chi connectivity index (χ2v) is 4.07. The standard InChI is InChI=1S/C9H16N8/c1-5(2)17-9(8(10)6(3)14-17)11-4-7-12-15-16-13-7/h5,11H,4,10H2,1-3H3,(H,12,13,15,16). The van der Waals surface area contributed by atoms with Crippen LogP contribution >= 0.6 is 0 Å². The van der Waals surface area contributed by atoms with Crippen LogP contribution in [-0.2, 0) is 6.54 Å². The first-order chi connectivity index (χ1) is 8.09. The summed E-state index contributed by atoms with van der Waals surface area (Å²) in [5, 5.41) is 21.2. The number of nitrogens with zero attached hydrogens (tertiary/aromatic N) is 5. The lowest BCUT2D eigenvalue weighted by molar-refractivity contribution is 0.534. The summed E-state index contributed by atoms with van der Waals surface area (Å²) in [6.07, 6.45) is 0. The lowest BCUT2D eigenvalue weighted by atomic mass is 10.3. The van der Waals surface area contributed by atoms with Gasteiger partial charge in [0.2, 0.25) is 0 Å². The average Bonchev–Trinajstić information content (AvgIpc) is 2.87. The van der Waals surface area contributed by atoms with E-state index in [0.717, 1.165) is 11.5 Å². The minimum atomic E-state index is 0.235. The molecule has 0 saturated heterocycles. The number of anilines is 2. The molecule has 2 aromatic heterocycles. The van der Waals surface area contributed by atoms with Gasteiger partial charge in [0.25, 0.3) is 0 Å². The Morgan fingerprint density at radius 3 is 2.82 bits per heavy atom. The van der Waals surface area contributed by atoms with E-state index in [1.54, 1.807) is 0 Å². The van der Waals surface area contributed by atoms with Crippen molar-refractivity contribution in [2.45, 2.75) is 33.4 Å². The monoisotopic (exact) mass is 236 g/mol. The van der Waals surface area contributed by atoms with Crippen LogP contribution in [0.15, 0.2) is 0 Å². The number of hydrogen-bond donors (Lipinski definition) is 3. The molecule has 8 nitrogen and oxygen atoms in total. The van der Waals surface area contributed by atoms with Gasteiger partial charge in [0, 0.05) is 6.04 Å². The van der Waals surface area contributed by atoms with Crippen molar-refractivity contribution in [3.8, 4) is 0 Å². The first kappa shape index (κ1) is 11.4. The Balaban J connectivity index is 2.19. The number of tetrazole rings is 1. The van der Waals surface area contributed by atoms with Crippen LogP contribution in [0.5, 0.6) is 0 Å². The van der Waals surface area contributed by atoms with Gasteiger partial charge in [-0.2, -0.15) is 10.3 Å². The summed E-state index contributed by atoms with van der Waals surface area (Å²) in [5.41, 5.74) is 7.44. The molecule has 0 spiro atoms. The number of aromatic nitrogens is 6. The molecule has 0 amide bonds. The lowest BCUT2D eigenvalue weighted by Gasteiger charge is -2.12. The zero-order valence-corrected chi connectivity index (χ0v) is 10.1. The number of H-pyrrole nitrogens is 1. The van der Waals surface area contributed by atoms with Crippen LogP contribution < -0.4 is 11.1 Å². The minimum absolute atomic E-state index is 0.235. The van der Waals surface area contributed by atoms with Crippen LogP contribution in [0.25, 0.3) is 0 Å². The van der Waals surface area contributed by atoms with Gasteiger partial charge >= 0.3 is 0 Å². The van der Waals surface area contributed by atoms with E-state index in [-0.39, 0.29) is 6.04 Å². The van der Waals surface area contributed by atoms with Crippen LogP contribution in [0, 0.1) is 6.92 Å².